The first-order chi connectivity index (χ1) is 16.1. The highest BCUT2D eigenvalue weighted by Gasteiger charge is 2.55. The van der Waals surface area contributed by atoms with Crippen LogP contribution in [0.3, 0.4) is 0 Å². The minimum atomic E-state index is -1.08. The van der Waals surface area contributed by atoms with Gasteiger partial charge in [0.2, 0.25) is 0 Å². The van der Waals surface area contributed by atoms with Crippen molar-refractivity contribution in [3.8, 4) is 5.75 Å². The number of allylic oxidation sites excluding steroid dienone is 3. The number of hydrogen-bond donors (Lipinski definition) is 1. The second-order valence-electron chi connectivity index (χ2n) is 11.5. The number of nitrogens with one attached hydrogen (secondary N) is 1. The summed E-state index contributed by atoms with van der Waals surface area (Å²) < 4.78 is 39.7. The number of carbonyl (C=O) groups is 1. The standard InChI is InChI=1S/C26H34BClFNO5/c1-23(2,3)33-22(31)30-15-26(17-10-8-9-11-19(17)29)14-16-20(32-26)13-12-18(28)21(16)27-34-24(4,5)25(6,7)35-27/h8-9,11-13,17H,10,14-15H2,1-7H3,(H,30,31)/t17?,26-/m1/s1. The highest BCUT2D eigenvalue weighted by atomic mass is 35.5. The third-order valence-corrected chi connectivity index (χ3v) is 7.53. The topological polar surface area (TPSA) is 66.0 Å². The molecule has 2 atom stereocenters. The minimum Gasteiger partial charge on any atom is -0.484 e. The zero-order chi connectivity index (χ0) is 25.8. The van der Waals surface area contributed by atoms with Gasteiger partial charge < -0.3 is 24.1 Å². The highest BCUT2D eigenvalue weighted by molar-refractivity contribution is 6.66. The van der Waals surface area contributed by atoms with Crippen LogP contribution in [0.4, 0.5) is 9.18 Å². The number of fused-ring (bicyclic) bond motifs is 1. The normalized spacial score (nSPS) is 26.7. The molecule has 2 aliphatic heterocycles. The first-order valence-corrected chi connectivity index (χ1v) is 12.4. The van der Waals surface area contributed by atoms with Crippen molar-refractivity contribution in [3.05, 3.63) is 46.8 Å². The summed E-state index contributed by atoms with van der Waals surface area (Å²) >= 11 is 6.68. The molecule has 1 aliphatic carbocycles. The number of carbonyl (C=O) groups excluding carboxylic acids is 1. The van der Waals surface area contributed by atoms with Gasteiger partial charge in [-0.05, 0) is 78.7 Å². The van der Waals surface area contributed by atoms with E-state index in [1.165, 1.54) is 6.08 Å². The molecule has 1 fully saturated rings. The summed E-state index contributed by atoms with van der Waals surface area (Å²) in [6, 6.07) is 3.52. The molecule has 0 radical (unpaired) electrons. The van der Waals surface area contributed by atoms with E-state index in [0.29, 0.717) is 29.1 Å². The van der Waals surface area contributed by atoms with E-state index in [9.17, 15) is 4.79 Å². The fourth-order valence-corrected chi connectivity index (χ4v) is 4.95. The number of rotatable bonds is 4. The van der Waals surface area contributed by atoms with Gasteiger partial charge in [-0.3, -0.25) is 0 Å². The van der Waals surface area contributed by atoms with Gasteiger partial charge in [-0.1, -0.05) is 23.8 Å². The largest absolute Gasteiger partial charge is 0.496 e. The van der Waals surface area contributed by atoms with E-state index in [0.717, 1.165) is 5.56 Å². The molecule has 1 unspecified atom stereocenters. The Labute approximate surface area is 212 Å². The average Bonchev–Trinajstić information content (AvgIpc) is 3.19. The molecule has 9 heteroatoms. The second kappa shape index (κ2) is 8.82. The Kier molecular flexibility index (Phi) is 6.56. The maximum atomic E-state index is 15.2. The Morgan fingerprint density at radius 2 is 1.89 bits per heavy atom. The van der Waals surface area contributed by atoms with E-state index >= 15 is 4.39 Å². The Morgan fingerprint density at radius 1 is 1.23 bits per heavy atom. The van der Waals surface area contributed by atoms with Gasteiger partial charge in [0, 0.05) is 16.9 Å². The predicted octanol–water partition coefficient (Wildman–Crippen LogP) is 5.27. The molecular formula is C26H34BClFNO5. The Morgan fingerprint density at radius 3 is 2.49 bits per heavy atom. The SMILES string of the molecule is CC(C)(C)OC(=O)NC[C@@]1(C2CC=CC=C2F)Cc2c(ccc(Cl)c2B2OC(C)(C)C(C)(C)O2)O1. The van der Waals surface area contributed by atoms with E-state index in [4.69, 9.17) is 30.4 Å². The molecule has 4 rings (SSSR count). The number of benzene rings is 1. The molecule has 1 aromatic rings. The number of ether oxygens (including phenoxy) is 2. The van der Waals surface area contributed by atoms with E-state index in [-0.39, 0.29) is 12.4 Å². The van der Waals surface area contributed by atoms with Crippen LogP contribution in [-0.4, -0.2) is 42.2 Å². The molecule has 3 aliphatic rings. The van der Waals surface area contributed by atoms with E-state index in [2.05, 4.69) is 5.32 Å². The summed E-state index contributed by atoms with van der Waals surface area (Å²) in [6.45, 7) is 13.3. The average molecular weight is 506 g/mol. The molecule has 1 amide bonds. The molecule has 0 bridgehead atoms. The fourth-order valence-electron chi connectivity index (χ4n) is 4.69. The van der Waals surface area contributed by atoms with Crippen molar-refractivity contribution in [3.63, 3.8) is 0 Å². The third kappa shape index (κ3) is 4.98. The smallest absolute Gasteiger partial charge is 0.484 e. The van der Waals surface area contributed by atoms with Crippen LogP contribution in [0.2, 0.25) is 5.02 Å². The van der Waals surface area contributed by atoms with Crippen molar-refractivity contribution in [2.24, 2.45) is 5.92 Å². The Balaban J connectivity index is 1.69. The molecule has 0 saturated carbocycles. The van der Waals surface area contributed by atoms with Crippen LogP contribution >= 0.6 is 11.6 Å². The molecule has 1 N–H and O–H groups in total. The zero-order valence-corrected chi connectivity index (χ0v) is 22.2. The predicted molar refractivity (Wildman–Crippen MR) is 135 cm³/mol. The summed E-state index contributed by atoms with van der Waals surface area (Å²) in [7, 11) is -0.702. The molecule has 1 saturated heterocycles. The van der Waals surface area contributed by atoms with Gasteiger partial charge in [0.05, 0.1) is 23.7 Å². The highest BCUT2D eigenvalue weighted by Crippen LogP contribution is 2.46. The Bertz CT molecular complexity index is 1060. The van der Waals surface area contributed by atoms with Crippen LogP contribution in [-0.2, 0) is 20.5 Å². The van der Waals surface area contributed by atoms with Gasteiger partial charge in [-0.25, -0.2) is 9.18 Å². The molecule has 6 nitrogen and oxygen atoms in total. The van der Waals surface area contributed by atoms with Gasteiger partial charge in [0.25, 0.3) is 0 Å². The molecule has 2 heterocycles. The van der Waals surface area contributed by atoms with Crippen molar-refractivity contribution in [1.29, 1.82) is 0 Å². The van der Waals surface area contributed by atoms with Gasteiger partial charge in [0.1, 0.15) is 22.8 Å². The van der Waals surface area contributed by atoms with Crippen molar-refractivity contribution in [1.82, 2.24) is 5.32 Å². The van der Waals surface area contributed by atoms with E-state index in [1.54, 1.807) is 39.0 Å². The lowest BCUT2D eigenvalue weighted by atomic mass is 9.72. The number of alkyl carbamates (subject to hydrolysis) is 1. The summed E-state index contributed by atoms with van der Waals surface area (Å²) in [5, 5.41) is 3.29. The van der Waals surface area contributed by atoms with Crippen molar-refractivity contribution in [2.45, 2.75) is 83.7 Å². The van der Waals surface area contributed by atoms with Crippen LogP contribution in [0.5, 0.6) is 5.75 Å². The first-order valence-electron chi connectivity index (χ1n) is 12.0. The summed E-state index contributed by atoms with van der Waals surface area (Å²) in [4.78, 5) is 12.5. The molecule has 0 aromatic heterocycles. The molecule has 1 aromatic carbocycles. The zero-order valence-electron chi connectivity index (χ0n) is 21.5. The van der Waals surface area contributed by atoms with Crippen LogP contribution in [0.15, 0.2) is 36.2 Å². The van der Waals surface area contributed by atoms with E-state index < -0.39 is 41.5 Å². The quantitative estimate of drug-likeness (QED) is 0.565. The van der Waals surface area contributed by atoms with Gasteiger partial charge >= 0.3 is 13.2 Å². The molecule has 35 heavy (non-hydrogen) atoms. The maximum absolute atomic E-state index is 15.2. The van der Waals surface area contributed by atoms with Gasteiger partial charge in [-0.2, -0.15) is 0 Å². The Hall–Kier alpha value is -2.03. The van der Waals surface area contributed by atoms with E-state index in [1.807, 2.05) is 33.8 Å². The second-order valence-corrected chi connectivity index (χ2v) is 11.9. The lowest BCUT2D eigenvalue weighted by Gasteiger charge is -2.37. The van der Waals surface area contributed by atoms with Crippen LogP contribution < -0.4 is 15.5 Å². The monoisotopic (exact) mass is 505 g/mol. The number of halogens is 2. The minimum absolute atomic E-state index is 0.0524. The number of hydrogen-bond acceptors (Lipinski definition) is 5. The molecular weight excluding hydrogens is 472 g/mol. The van der Waals surface area contributed by atoms with Crippen molar-refractivity contribution < 1.29 is 28.0 Å². The van der Waals surface area contributed by atoms with Gasteiger partial charge in [0.15, 0.2) is 0 Å². The van der Waals surface area contributed by atoms with Crippen molar-refractivity contribution in [2.75, 3.05) is 6.54 Å². The lowest BCUT2D eigenvalue weighted by Crippen LogP contribution is -2.53. The van der Waals surface area contributed by atoms with Gasteiger partial charge in [-0.15, -0.1) is 0 Å². The lowest BCUT2D eigenvalue weighted by molar-refractivity contribution is 0.00578. The summed E-state index contributed by atoms with van der Waals surface area (Å²) in [5.74, 6) is -0.318. The molecule has 0 spiro atoms. The van der Waals surface area contributed by atoms with Crippen molar-refractivity contribution >= 4 is 30.3 Å². The summed E-state index contributed by atoms with van der Waals surface area (Å²) in [6.07, 6.45) is 5.20. The van der Waals surface area contributed by atoms with Crippen LogP contribution in [0.25, 0.3) is 0 Å². The first kappa shape index (κ1) is 26.0. The van der Waals surface area contributed by atoms with Crippen LogP contribution in [0, 0.1) is 5.92 Å². The molecule has 190 valence electrons. The fraction of sp³-hybridized carbons (Fsp3) is 0.577. The third-order valence-electron chi connectivity index (χ3n) is 7.20. The number of amides is 1. The maximum Gasteiger partial charge on any atom is 0.496 e. The summed E-state index contributed by atoms with van der Waals surface area (Å²) in [5.41, 5.74) is -1.37. The van der Waals surface area contributed by atoms with Crippen LogP contribution in [0.1, 0.15) is 60.5 Å².